The van der Waals surface area contributed by atoms with Crippen LogP contribution in [0.15, 0.2) is 48.5 Å². The quantitative estimate of drug-likeness (QED) is 0.643. The lowest BCUT2D eigenvalue weighted by Gasteiger charge is -2.35. The van der Waals surface area contributed by atoms with Crippen molar-refractivity contribution in [3.05, 3.63) is 64.1 Å². The van der Waals surface area contributed by atoms with Gasteiger partial charge in [-0.2, -0.15) is 0 Å². The Balaban J connectivity index is 1.71. The number of hydrogen-bond acceptors (Lipinski definition) is 2. The Morgan fingerprint density at radius 1 is 1.11 bits per heavy atom. The van der Waals surface area contributed by atoms with Crippen molar-refractivity contribution >= 4 is 46.2 Å². The Morgan fingerprint density at radius 2 is 1.81 bits per heavy atom. The van der Waals surface area contributed by atoms with Crippen molar-refractivity contribution in [1.29, 1.82) is 0 Å². The summed E-state index contributed by atoms with van der Waals surface area (Å²) >= 11 is 17.7. The van der Waals surface area contributed by atoms with E-state index >= 15 is 0 Å². The molecule has 0 bridgehead atoms. The molecular formula is C20H24Cl2N3OS+. The van der Waals surface area contributed by atoms with Crippen LogP contribution in [0.25, 0.3) is 0 Å². The molecular weight excluding hydrogens is 401 g/mol. The van der Waals surface area contributed by atoms with Gasteiger partial charge in [0.25, 0.3) is 0 Å². The summed E-state index contributed by atoms with van der Waals surface area (Å²) in [5.74, 6) is 0. The standard InChI is InChI=1S/C20H23Cl2N3OS/c1-14(23-20(27)24-18-8-7-16(21)13-17(18)22)19(15-5-3-2-4-6-15)25-9-11-26-12-10-25/h2-8,13-14,19H,9-12H2,1H3,(H2,23,24,27)/p+1/t14-,19+/m0/s1. The second-order valence-electron chi connectivity index (χ2n) is 6.67. The molecule has 0 amide bonds. The van der Waals surface area contributed by atoms with Gasteiger partial charge in [-0.15, -0.1) is 0 Å². The third kappa shape index (κ3) is 5.56. The summed E-state index contributed by atoms with van der Waals surface area (Å²) in [6.45, 7) is 5.70. The average molecular weight is 425 g/mol. The molecule has 7 heteroatoms. The molecule has 0 aromatic heterocycles. The Bertz CT molecular complexity index is 769. The maximum absolute atomic E-state index is 6.24. The molecule has 0 unspecified atom stereocenters. The number of nitrogens with one attached hydrogen (secondary N) is 3. The first kappa shape index (κ1) is 20.4. The lowest BCUT2D eigenvalue weighted by atomic mass is 9.98. The second-order valence-corrected chi connectivity index (χ2v) is 7.92. The number of rotatable bonds is 5. The van der Waals surface area contributed by atoms with E-state index in [9.17, 15) is 0 Å². The minimum absolute atomic E-state index is 0.131. The zero-order chi connectivity index (χ0) is 19.2. The molecule has 1 heterocycles. The molecule has 2 atom stereocenters. The summed E-state index contributed by atoms with van der Waals surface area (Å²) in [5, 5.41) is 8.28. The zero-order valence-electron chi connectivity index (χ0n) is 15.2. The smallest absolute Gasteiger partial charge is 0.171 e. The van der Waals surface area contributed by atoms with E-state index in [-0.39, 0.29) is 12.1 Å². The monoisotopic (exact) mass is 424 g/mol. The van der Waals surface area contributed by atoms with Gasteiger partial charge < -0.3 is 20.3 Å². The van der Waals surface area contributed by atoms with Crippen LogP contribution in [-0.4, -0.2) is 37.5 Å². The molecule has 0 saturated carbocycles. The van der Waals surface area contributed by atoms with Crippen LogP contribution >= 0.6 is 35.4 Å². The van der Waals surface area contributed by atoms with Crippen LogP contribution in [-0.2, 0) is 4.74 Å². The molecule has 0 radical (unpaired) electrons. The highest BCUT2D eigenvalue weighted by molar-refractivity contribution is 7.80. The summed E-state index contributed by atoms with van der Waals surface area (Å²) in [4.78, 5) is 1.50. The maximum atomic E-state index is 6.24. The van der Waals surface area contributed by atoms with E-state index in [4.69, 9.17) is 40.2 Å². The van der Waals surface area contributed by atoms with Gasteiger partial charge in [-0.3, -0.25) is 0 Å². The van der Waals surface area contributed by atoms with Crippen molar-refractivity contribution < 1.29 is 9.64 Å². The largest absolute Gasteiger partial charge is 0.370 e. The number of anilines is 1. The van der Waals surface area contributed by atoms with E-state index in [2.05, 4.69) is 41.8 Å². The van der Waals surface area contributed by atoms with Crippen molar-refractivity contribution in [2.24, 2.45) is 0 Å². The van der Waals surface area contributed by atoms with E-state index in [1.165, 1.54) is 10.5 Å². The fraction of sp³-hybridized carbons (Fsp3) is 0.350. The van der Waals surface area contributed by atoms with Crippen LogP contribution in [0.5, 0.6) is 0 Å². The van der Waals surface area contributed by atoms with Crippen LogP contribution < -0.4 is 15.5 Å². The molecule has 3 rings (SSSR count). The van der Waals surface area contributed by atoms with Crippen LogP contribution in [0.3, 0.4) is 0 Å². The molecule has 1 aliphatic heterocycles. The van der Waals surface area contributed by atoms with E-state index in [1.54, 1.807) is 12.1 Å². The molecule has 144 valence electrons. The highest BCUT2D eigenvalue weighted by atomic mass is 35.5. The van der Waals surface area contributed by atoms with Gasteiger partial charge >= 0.3 is 0 Å². The molecule has 0 spiro atoms. The average Bonchev–Trinajstić information content (AvgIpc) is 2.66. The van der Waals surface area contributed by atoms with Crippen molar-refractivity contribution in [3.8, 4) is 0 Å². The Morgan fingerprint density at radius 3 is 2.48 bits per heavy atom. The third-order valence-electron chi connectivity index (χ3n) is 4.77. The van der Waals surface area contributed by atoms with Crippen LogP contribution in [0.2, 0.25) is 10.0 Å². The SMILES string of the molecule is C[C@H](NC(=S)Nc1ccc(Cl)cc1Cl)[C@H](c1ccccc1)[NH+]1CCOCC1. The first-order chi connectivity index (χ1) is 13.0. The molecule has 1 saturated heterocycles. The molecule has 27 heavy (non-hydrogen) atoms. The lowest BCUT2D eigenvalue weighted by molar-refractivity contribution is -0.940. The van der Waals surface area contributed by atoms with Gasteiger partial charge in [0.15, 0.2) is 5.11 Å². The predicted octanol–water partition coefficient (Wildman–Crippen LogP) is 3.32. The van der Waals surface area contributed by atoms with Gasteiger partial charge in [0.05, 0.1) is 30.0 Å². The minimum Gasteiger partial charge on any atom is -0.370 e. The fourth-order valence-electron chi connectivity index (χ4n) is 3.52. The molecule has 0 aliphatic carbocycles. The second kappa shape index (κ2) is 9.71. The molecule has 1 fully saturated rings. The summed E-state index contributed by atoms with van der Waals surface area (Å²) < 4.78 is 5.54. The number of morpholine rings is 1. The van der Waals surface area contributed by atoms with Crippen molar-refractivity contribution in [1.82, 2.24) is 5.32 Å². The third-order valence-corrected chi connectivity index (χ3v) is 5.54. The first-order valence-electron chi connectivity index (χ1n) is 9.04. The number of halogens is 2. The molecule has 4 nitrogen and oxygen atoms in total. The summed E-state index contributed by atoms with van der Waals surface area (Å²) in [7, 11) is 0. The van der Waals surface area contributed by atoms with Crippen molar-refractivity contribution in [2.45, 2.75) is 19.0 Å². The Hall–Kier alpha value is -1.37. The highest BCUT2D eigenvalue weighted by Gasteiger charge is 2.31. The summed E-state index contributed by atoms with van der Waals surface area (Å²) in [6, 6.07) is 16.3. The van der Waals surface area contributed by atoms with Crippen molar-refractivity contribution in [2.75, 3.05) is 31.6 Å². The van der Waals surface area contributed by atoms with E-state index in [1.807, 2.05) is 12.1 Å². The van der Waals surface area contributed by atoms with Crippen LogP contribution in [0.1, 0.15) is 18.5 Å². The van der Waals surface area contributed by atoms with E-state index in [0.717, 1.165) is 32.0 Å². The summed E-state index contributed by atoms with van der Waals surface area (Å²) in [6.07, 6.45) is 0. The van der Waals surface area contributed by atoms with Gasteiger partial charge in [0.2, 0.25) is 0 Å². The van der Waals surface area contributed by atoms with Crippen LogP contribution in [0.4, 0.5) is 5.69 Å². The van der Waals surface area contributed by atoms with Crippen molar-refractivity contribution in [3.63, 3.8) is 0 Å². The van der Waals surface area contributed by atoms with Gasteiger partial charge in [0.1, 0.15) is 19.1 Å². The lowest BCUT2D eigenvalue weighted by Crippen LogP contribution is -3.15. The number of thiocarbonyl (C=S) groups is 1. The van der Waals surface area contributed by atoms with Gasteiger partial charge in [0, 0.05) is 10.6 Å². The molecule has 3 N–H and O–H groups in total. The van der Waals surface area contributed by atoms with E-state index < -0.39 is 0 Å². The van der Waals surface area contributed by atoms with Gasteiger partial charge in [-0.1, -0.05) is 53.5 Å². The molecule has 2 aromatic carbocycles. The minimum atomic E-state index is 0.131. The Labute approximate surface area is 175 Å². The number of hydrogen-bond donors (Lipinski definition) is 3. The maximum Gasteiger partial charge on any atom is 0.171 e. The first-order valence-corrected chi connectivity index (χ1v) is 10.2. The number of ether oxygens (including phenoxy) is 1. The normalized spacial score (nSPS) is 17.1. The topological polar surface area (TPSA) is 37.7 Å². The predicted molar refractivity (Wildman–Crippen MR) is 116 cm³/mol. The highest BCUT2D eigenvalue weighted by Crippen LogP contribution is 2.25. The number of benzene rings is 2. The van der Waals surface area contributed by atoms with Crippen LogP contribution in [0, 0.1) is 0 Å². The number of quaternary nitrogens is 1. The molecule has 2 aromatic rings. The molecule has 1 aliphatic rings. The zero-order valence-corrected chi connectivity index (χ0v) is 17.5. The Kier molecular flexibility index (Phi) is 7.33. The fourth-order valence-corrected chi connectivity index (χ4v) is 4.27. The van der Waals surface area contributed by atoms with Gasteiger partial charge in [-0.05, 0) is 37.3 Å². The van der Waals surface area contributed by atoms with E-state index in [0.29, 0.717) is 15.2 Å². The summed E-state index contributed by atoms with van der Waals surface area (Å²) in [5.41, 5.74) is 2.03. The van der Waals surface area contributed by atoms with Gasteiger partial charge in [-0.25, -0.2) is 0 Å².